The quantitative estimate of drug-likeness (QED) is 0.732. The van der Waals surface area contributed by atoms with E-state index in [1.165, 1.54) is 0 Å². The van der Waals surface area contributed by atoms with E-state index in [2.05, 4.69) is 9.52 Å². The van der Waals surface area contributed by atoms with Crippen LogP contribution in [0, 0.1) is 0 Å². The molecule has 0 bridgehead atoms. The fourth-order valence-electron chi connectivity index (χ4n) is 0.937. The predicted octanol–water partition coefficient (Wildman–Crippen LogP) is 1.68. The largest absolute Gasteiger partial charge is 0.422 e. The Bertz CT molecular complexity index is 242. The van der Waals surface area contributed by atoms with E-state index in [9.17, 15) is 0 Å². The minimum Gasteiger partial charge on any atom is -0.422 e. The van der Waals surface area contributed by atoms with Crippen molar-refractivity contribution in [2.45, 2.75) is 6.61 Å². The highest BCUT2D eigenvalue weighted by Gasteiger charge is 1.94. The zero-order valence-electron chi connectivity index (χ0n) is 7.42. The first-order chi connectivity index (χ1) is 6.36. The Morgan fingerprint density at radius 2 is 2.08 bits per heavy atom. The lowest BCUT2D eigenvalue weighted by atomic mass is 10.2. The predicted molar refractivity (Wildman–Crippen MR) is 54.9 cm³/mol. The van der Waals surface area contributed by atoms with Gasteiger partial charge < -0.3 is 9.88 Å². The van der Waals surface area contributed by atoms with Gasteiger partial charge in [0.05, 0.1) is 18.5 Å². The zero-order chi connectivity index (χ0) is 9.52. The number of halogens is 1. The van der Waals surface area contributed by atoms with E-state index in [0.29, 0.717) is 14.2 Å². The topological polar surface area (TPSA) is 30.5 Å². The third-order valence-corrected chi connectivity index (χ3v) is 1.70. The molecule has 5 heteroatoms. The molecule has 0 unspecified atom stereocenters. The molecule has 0 atom stereocenters. The first-order valence-electron chi connectivity index (χ1n) is 3.92. The van der Waals surface area contributed by atoms with Crippen molar-refractivity contribution in [1.82, 2.24) is 0 Å². The third kappa shape index (κ3) is 3.68. The molecule has 3 nitrogen and oxygen atoms in total. The van der Waals surface area contributed by atoms with Crippen LogP contribution in [-0.2, 0) is 15.6 Å². The Morgan fingerprint density at radius 1 is 1.38 bits per heavy atom. The van der Waals surface area contributed by atoms with E-state index in [4.69, 9.17) is 16.5 Å². The van der Waals surface area contributed by atoms with Gasteiger partial charge >= 0.3 is 7.62 Å². The van der Waals surface area contributed by atoms with Crippen molar-refractivity contribution in [3.05, 3.63) is 29.8 Å². The van der Waals surface area contributed by atoms with Gasteiger partial charge in [0.15, 0.2) is 0 Å². The molecular weight excluding hydrogens is 188 g/mol. The highest BCUT2D eigenvalue weighted by Crippen LogP contribution is 2.10. The number of hydrogen-bond acceptors (Lipinski definition) is 3. The molecule has 1 rings (SSSR count). The van der Waals surface area contributed by atoms with Gasteiger partial charge in [-0.2, -0.15) is 0 Å². The normalized spacial score (nSPS) is 9.69. The summed E-state index contributed by atoms with van der Waals surface area (Å²) in [6.45, 7) is 0.423. The molecule has 0 saturated heterocycles. The molecule has 0 aromatic heterocycles. The van der Waals surface area contributed by atoms with E-state index < -0.39 is 0 Å². The van der Waals surface area contributed by atoms with Crippen molar-refractivity contribution in [3.8, 4) is 0 Å². The molecule has 0 aliphatic heterocycles. The van der Waals surface area contributed by atoms with Crippen LogP contribution in [0.4, 0.5) is 5.69 Å². The maximum absolute atomic E-state index is 5.12. The second kappa shape index (κ2) is 5.86. The van der Waals surface area contributed by atoms with Gasteiger partial charge in [0.25, 0.3) is 0 Å². The summed E-state index contributed by atoms with van der Waals surface area (Å²) in [5.74, 6) is 0. The van der Waals surface area contributed by atoms with Crippen molar-refractivity contribution in [2.75, 3.05) is 12.3 Å². The summed E-state index contributed by atoms with van der Waals surface area (Å²) in [7, 11) is 2.15. The average molecular weight is 199 g/mol. The van der Waals surface area contributed by atoms with Crippen LogP contribution in [0.3, 0.4) is 0 Å². The van der Waals surface area contributed by atoms with Gasteiger partial charge in [-0.05, 0) is 17.7 Å². The molecular formula is C8H11BClNO2. The van der Waals surface area contributed by atoms with Crippen LogP contribution >= 0.6 is 11.9 Å². The minimum atomic E-state index is 0.423. The Hall–Kier alpha value is -0.705. The van der Waals surface area contributed by atoms with E-state index >= 15 is 0 Å². The van der Waals surface area contributed by atoms with Gasteiger partial charge in [-0.3, -0.25) is 4.29 Å². The first-order valence-corrected chi connectivity index (χ1v) is 4.23. The molecule has 1 N–H and O–H groups in total. The number of anilines is 1. The van der Waals surface area contributed by atoms with Gasteiger partial charge in [-0.25, -0.2) is 0 Å². The molecule has 0 aliphatic rings. The summed E-state index contributed by atoms with van der Waals surface area (Å²) >= 11 is 5.12. The fourth-order valence-corrected chi connectivity index (χ4v) is 1.06. The number of hydrogen-bond donors (Lipinski definition) is 1. The second-order valence-corrected chi connectivity index (χ2v) is 2.78. The molecule has 1 aromatic rings. The Morgan fingerprint density at radius 3 is 2.62 bits per heavy atom. The van der Waals surface area contributed by atoms with Crippen LogP contribution in [0.1, 0.15) is 5.56 Å². The molecule has 70 valence electrons. The lowest BCUT2D eigenvalue weighted by Gasteiger charge is -2.03. The SMILES string of the molecule is COBNc1ccc(COCl)cc1. The van der Waals surface area contributed by atoms with Crippen LogP contribution in [0.5, 0.6) is 0 Å². The maximum Gasteiger partial charge on any atom is 0.393 e. The van der Waals surface area contributed by atoms with Crippen molar-refractivity contribution in [3.63, 3.8) is 0 Å². The van der Waals surface area contributed by atoms with Crippen LogP contribution in [-0.4, -0.2) is 14.7 Å². The van der Waals surface area contributed by atoms with Gasteiger partial charge in [-0.1, -0.05) is 12.1 Å². The standard InChI is InChI=1S/C8H11BClNO2/c1-12-9-11-8-4-2-7(3-5-8)6-13-10/h2-5,9,11H,6H2,1H3. The third-order valence-electron chi connectivity index (χ3n) is 1.60. The van der Waals surface area contributed by atoms with Crippen molar-refractivity contribution in [1.29, 1.82) is 0 Å². The minimum absolute atomic E-state index is 0.423. The summed E-state index contributed by atoms with van der Waals surface area (Å²) in [6, 6.07) is 7.79. The van der Waals surface area contributed by atoms with Crippen molar-refractivity contribution in [2.24, 2.45) is 0 Å². The van der Waals surface area contributed by atoms with Gasteiger partial charge in [-0.15, -0.1) is 0 Å². The zero-order valence-corrected chi connectivity index (χ0v) is 8.17. The molecule has 0 aliphatic carbocycles. The lowest BCUT2D eigenvalue weighted by molar-refractivity contribution is 0.341. The van der Waals surface area contributed by atoms with Gasteiger partial charge in [0, 0.05) is 12.8 Å². The molecule has 0 saturated carbocycles. The van der Waals surface area contributed by atoms with Crippen LogP contribution in [0.2, 0.25) is 0 Å². The molecule has 0 fully saturated rings. The first kappa shape index (κ1) is 10.4. The highest BCUT2D eigenvalue weighted by molar-refractivity contribution is 6.32. The summed E-state index contributed by atoms with van der Waals surface area (Å²) in [5.41, 5.74) is 2.05. The van der Waals surface area contributed by atoms with Crippen LogP contribution in [0.25, 0.3) is 0 Å². The highest BCUT2D eigenvalue weighted by atomic mass is 35.5. The summed E-state index contributed by atoms with van der Waals surface area (Å²) in [5, 5.41) is 3.07. The van der Waals surface area contributed by atoms with E-state index in [0.717, 1.165) is 11.3 Å². The van der Waals surface area contributed by atoms with E-state index in [1.807, 2.05) is 24.3 Å². The number of benzene rings is 1. The number of nitrogens with one attached hydrogen (secondary N) is 1. The fraction of sp³-hybridized carbons (Fsp3) is 0.250. The Kier molecular flexibility index (Phi) is 4.68. The Labute approximate surface area is 83.5 Å². The average Bonchev–Trinajstić information content (AvgIpc) is 2.17. The Balaban J connectivity index is 2.48. The maximum atomic E-state index is 5.12. The summed E-state index contributed by atoms with van der Waals surface area (Å²) < 4.78 is 9.34. The van der Waals surface area contributed by atoms with E-state index in [-0.39, 0.29) is 0 Å². The van der Waals surface area contributed by atoms with Crippen molar-refractivity contribution < 1.29 is 8.94 Å². The molecule has 0 amide bonds. The van der Waals surface area contributed by atoms with E-state index in [1.54, 1.807) is 7.11 Å². The van der Waals surface area contributed by atoms with Gasteiger partial charge in [0.1, 0.15) is 0 Å². The van der Waals surface area contributed by atoms with Crippen LogP contribution in [0.15, 0.2) is 24.3 Å². The van der Waals surface area contributed by atoms with Crippen LogP contribution < -0.4 is 5.23 Å². The summed E-state index contributed by atoms with van der Waals surface area (Å²) in [6.07, 6.45) is 0. The molecule has 13 heavy (non-hydrogen) atoms. The van der Waals surface area contributed by atoms with Gasteiger partial charge in [0.2, 0.25) is 0 Å². The molecule has 1 aromatic carbocycles. The molecule has 0 spiro atoms. The second-order valence-electron chi connectivity index (χ2n) is 2.56. The summed E-state index contributed by atoms with van der Waals surface area (Å²) in [4.78, 5) is 0. The lowest BCUT2D eigenvalue weighted by Crippen LogP contribution is -2.07. The number of rotatable bonds is 5. The molecule has 0 radical (unpaired) electrons. The smallest absolute Gasteiger partial charge is 0.393 e. The monoisotopic (exact) mass is 199 g/mol. The van der Waals surface area contributed by atoms with Crippen molar-refractivity contribution >= 4 is 25.2 Å². The molecule has 0 heterocycles.